The Morgan fingerprint density at radius 3 is 2.44 bits per heavy atom. The number of carboxylic acids is 1. The monoisotopic (exact) mass is 361 g/mol. The van der Waals surface area contributed by atoms with Crippen LogP contribution in [-0.2, 0) is 11.2 Å². The van der Waals surface area contributed by atoms with Crippen molar-refractivity contribution in [3.63, 3.8) is 0 Å². The van der Waals surface area contributed by atoms with Gasteiger partial charge in [0.15, 0.2) is 0 Å². The molecule has 0 aliphatic rings. The van der Waals surface area contributed by atoms with E-state index in [9.17, 15) is 14.4 Å². The van der Waals surface area contributed by atoms with Crippen LogP contribution < -0.4 is 10.6 Å². The first-order valence-corrected chi connectivity index (χ1v) is 8.60. The number of aromatic nitrogens is 1. The number of thiazole rings is 1. The van der Waals surface area contributed by atoms with Crippen LogP contribution in [0.3, 0.4) is 0 Å². The maximum absolute atomic E-state index is 12.4. The highest BCUT2D eigenvalue weighted by atomic mass is 32.1. The topological polar surface area (TPSA) is 108 Å². The number of aliphatic carboxylic acids is 1. The molecule has 2 amide bonds. The Morgan fingerprint density at radius 1 is 1.16 bits per heavy atom. The highest BCUT2D eigenvalue weighted by molar-refractivity contribution is 7.13. The Kier molecular flexibility index (Phi) is 6.24. The molecule has 3 N–H and O–H groups in total. The van der Waals surface area contributed by atoms with Gasteiger partial charge in [-0.25, -0.2) is 4.98 Å². The molecule has 0 fully saturated rings. The summed E-state index contributed by atoms with van der Waals surface area (Å²) in [5, 5.41) is 14.5. The minimum absolute atomic E-state index is 0.236. The van der Waals surface area contributed by atoms with E-state index in [1.165, 1.54) is 23.5 Å². The molecule has 0 atom stereocenters. The second-order valence-corrected chi connectivity index (χ2v) is 6.46. The van der Waals surface area contributed by atoms with Gasteiger partial charge in [0.1, 0.15) is 11.4 Å². The number of hydrogen-bond acceptors (Lipinski definition) is 5. The number of nitrogens with zero attached hydrogens (tertiary/aromatic N) is 1. The average Bonchev–Trinajstić information content (AvgIpc) is 2.94. The Hall–Kier alpha value is -2.74. The molecule has 1 aromatic carbocycles. The fourth-order valence-electron chi connectivity index (χ4n) is 2.13. The predicted octanol–water partition coefficient (Wildman–Crippen LogP) is 2.47. The van der Waals surface area contributed by atoms with E-state index in [0.29, 0.717) is 21.8 Å². The van der Waals surface area contributed by atoms with Crippen molar-refractivity contribution < 1.29 is 19.5 Å². The van der Waals surface area contributed by atoms with Crippen LogP contribution in [-0.4, -0.2) is 34.4 Å². The lowest BCUT2D eigenvalue weighted by atomic mass is 10.2. The first-order valence-electron chi connectivity index (χ1n) is 7.78. The zero-order valence-electron chi connectivity index (χ0n) is 14.0. The van der Waals surface area contributed by atoms with Crippen molar-refractivity contribution >= 4 is 34.8 Å². The minimum atomic E-state index is -1.11. The summed E-state index contributed by atoms with van der Waals surface area (Å²) in [6, 6.07) is 6.23. The van der Waals surface area contributed by atoms with Gasteiger partial charge < -0.3 is 15.7 Å². The molecule has 0 radical (unpaired) electrons. The summed E-state index contributed by atoms with van der Waals surface area (Å²) in [5.74, 6) is -1.83. The quantitative estimate of drug-likeness (QED) is 0.702. The second kappa shape index (κ2) is 8.39. The summed E-state index contributed by atoms with van der Waals surface area (Å²) in [6.45, 7) is 3.42. The number of aryl methyl sites for hydroxylation is 2. The molecule has 25 heavy (non-hydrogen) atoms. The van der Waals surface area contributed by atoms with Crippen molar-refractivity contribution in [2.75, 3.05) is 11.9 Å². The van der Waals surface area contributed by atoms with Gasteiger partial charge in [-0.05, 0) is 44.0 Å². The third kappa shape index (κ3) is 5.12. The maximum atomic E-state index is 12.4. The van der Waals surface area contributed by atoms with E-state index in [1.807, 2.05) is 0 Å². The van der Waals surface area contributed by atoms with Crippen molar-refractivity contribution in [2.24, 2.45) is 0 Å². The van der Waals surface area contributed by atoms with Crippen LogP contribution in [0.2, 0.25) is 0 Å². The lowest BCUT2D eigenvalue weighted by Gasteiger charge is -2.06. The van der Waals surface area contributed by atoms with Crippen LogP contribution in [0.15, 0.2) is 24.3 Å². The summed E-state index contributed by atoms with van der Waals surface area (Å²) < 4.78 is 0. The number of carbonyl (C=O) groups is 3. The molecule has 0 unspecified atom stereocenters. The average molecular weight is 361 g/mol. The first-order chi connectivity index (χ1) is 11.9. The molecule has 2 aromatic rings. The van der Waals surface area contributed by atoms with Gasteiger partial charge in [0, 0.05) is 11.3 Å². The lowest BCUT2D eigenvalue weighted by molar-refractivity contribution is -0.135. The standard InChI is InChI=1S/C17H19N3O4S/c1-3-4-13-19-10(2)15(25-13)17(24)20-12-7-5-11(6-8-12)16(23)18-9-14(21)22/h5-8H,3-4,9H2,1-2H3,(H,18,23)(H,20,24)(H,21,22). The molecule has 8 heteroatoms. The Labute approximate surface area is 149 Å². The van der Waals surface area contributed by atoms with Crippen molar-refractivity contribution in [2.45, 2.75) is 26.7 Å². The number of anilines is 1. The summed E-state index contributed by atoms with van der Waals surface area (Å²) in [4.78, 5) is 39.5. The highest BCUT2D eigenvalue weighted by Crippen LogP contribution is 2.21. The van der Waals surface area contributed by atoms with Crippen molar-refractivity contribution in [1.82, 2.24) is 10.3 Å². The molecule has 0 aliphatic carbocycles. The lowest BCUT2D eigenvalue weighted by Crippen LogP contribution is -2.29. The van der Waals surface area contributed by atoms with Gasteiger partial charge in [-0.15, -0.1) is 11.3 Å². The van der Waals surface area contributed by atoms with Crippen LogP contribution in [0, 0.1) is 6.92 Å². The van der Waals surface area contributed by atoms with Gasteiger partial charge in [0.2, 0.25) is 0 Å². The van der Waals surface area contributed by atoms with Gasteiger partial charge in [-0.1, -0.05) is 6.92 Å². The summed E-state index contributed by atoms with van der Waals surface area (Å²) in [7, 11) is 0. The fourth-order valence-corrected chi connectivity index (χ4v) is 3.20. The minimum Gasteiger partial charge on any atom is -0.480 e. The fraction of sp³-hybridized carbons (Fsp3) is 0.294. The van der Waals surface area contributed by atoms with Gasteiger partial charge in [0.05, 0.1) is 10.7 Å². The van der Waals surface area contributed by atoms with E-state index < -0.39 is 18.4 Å². The van der Waals surface area contributed by atoms with E-state index in [4.69, 9.17) is 5.11 Å². The molecule has 1 aromatic heterocycles. The van der Waals surface area contributed by atoms with Gasteiger partial charge in [0.25, 0.3) is 11.8 Å². The molecule has 7 nitrogen and oxygen atoms in total. The molecule has 0 saturated carbocycles. The molecular weight excluding hydrogens is 342 g/mol. The number of carboxylic acid groups (broad SMARTS) is 1. The number of carbonyl (C=O) groups excluding carboxylic acids is 2. The van der Waals surface area contributed by atoms with Crippen LogP contribution in [0.1, 0.15) is 44.1 Å². The van der Waals surface area contributed by atoms with E-state index in [2.05, 4.69) is 22.5 Å². The van der Waals surface area contributed by atoms with E-state index in [1.54, 1.807) is 19.1 Å². The molecule has 0 saturated heterocycles. The Balaban J connectivity index is 2.02. The number of hydrogen-bond donors (Lipinski definition) is 3. The van der Waals surface area contributed by atoms with Crippen LogP contribution in [0.4, 0.5) is 5.69 Å². The molecule has 0 aliphatic heterocycles. The van der Waals surface area contributed by atoms with E-state index in [-0.39, 0.29) is 5.91 Å². The normalized spacial score (nSPS) is 10.3. The van der Waals surface area contributed by atoms with Crippen LogP contribution in [0.5, 0.6) is 0 Å². The van der Waals surface area contributed by atoms with Crippen molar-refractivity contribution in [3.8, 4) is 0 Å². The number of amides is 2. The number of benzene rings is 1. The van der Waals surface area contributed by atoms with Crippen LogP contribution in [0.25, 0.3) is 0 Å². The third-order valence-corrected chi connectivity index (χ3v) is 4.53. The van der Waals surface area contributed by atoms with Crippen LogP contribution >= 0.6 is 11.3 Å². The number of rotatable bonds is 7. The van der Waals surface area contributed by atoms with E-state index >= 15 is 0 Å². The maximum Gasteiger partial charge on any atom is 0.322 e. The second-order valence-electron chi connectivity index (χ2n) is 5.38. The summed E-state index contributed by atoms with van der Waals surface area (Å²) >= 11 is 1.39. The van der Waals surface area contributed by atoms with Gasteiger partial charge >= 0.3 is 5.97 Å². The molecular formula is C17H19N3O4S. The third-order valence-electron chi connectivity index (χ3n) is 3.32. The van der Waals surface area contributed by atoms with Gasteiger partial charge in [-0.3, -0.25) is 14.4 Å². The Bertz CT molecular complexity index is 784. The summed E-state index contributed by atoms with van der Waals surface area (Å²) in [5.41, 5.74) is 1.57. The molecule has 2 rings (SSSR count). The first kappa shape index (κ1) is 18.6. The SMILES string of the molecule is CCCc1nc(C)c(C(=O)Nc2ccc(C(=O)NCC(=O)O)cc2)s1. The van der Waals surface area contributed by atoms with Crippen molar-refractivity contribution in [1.29, 1.82) is 0 Å². The Morgan fingerprint density at radius 2 is 1.84 bits per heavy atom. The highest BCUT2D eigenvalue weighted by Gasteiger charge is 2.15. The largest absolute Gasteiger partial charge is 0.480 e. The summed E-state index contributed by atoms with van der Waals surface area (Å²) in [6.07, 6.45) is 1.82. The number of nitrogens with one attached hydrogen (secondary N) is 2. The predicted molar refractivity (Wildman–Crippen MR) is 95.2 cm³/mol. The van der Waals surface area contributed by atoms with E-state index in [0.717, 1.165) is 17.8 Å². The molecule has 0 spiro atoms. The van der Waals surface area contributed by atoms with Crippen molar-refractivity contribution in [3.05, 3.63) is 45.4 Å². The zero-order chi connectivity index (χ0) is 18.4. The molecule has 0 bridgehead atoms. The molecule has 1 heterocycles. The van der Waals surface area contributed by atoms with Gasteiger partial charge in [-0.2, -0.15) is 0 Å². The molecule has 132 valence electrons. The zero-order valence-corrected chi connectivity index (χ0v) is 14.8. The smallest absolute Gasteiger partial charge is 0.322 e.